The Morgan fingerprint density at radius 2 is 1.95 bits per heavy atom. The highest BCUT2D eigenvalue weighted by Gasteiger charge is 2.18. The number of nitrogens with one attached hydrogen (secondary N) is 1. The molecule has 1 aliphatic rings. The monoisotopic (exact) mass is 279 g/mol. The smallest absolute Gasteiger partial charge is 0.146 e. The van der Waals surface area contributed by atoms with Gasteiger partial charge in [-0.1, -0.05) is 13.0 Å². The summed E-state index contributed by atoms with van der Waals surface area (Å²) in [7, 11) is 2.11. The van der Waals surface area contributed by atoms with Crippen molar-refractivity contribution in [2.24, 2.45) is 0 Å². The van der Waals surface area contributed by atoms with Gasteiger partial charge in [-0.25, -0.2) is 4.39 Å². The number of rotatable bonds is 5. The molecule has 0 amide bonds. The fraction of sp³-hybridized carbons (Fsp3) is 0.625. The minimum absolute atomic E-state index is 0.0998. The van der Waals surface area contributed by atoms with E-state index < -0.39 is 0 Å². The number of hydrogen-bond acceptors (Lipinski definition) is 3. The summed E-state index contributed by atoms with van der Waals surface area (Å²) in [6.45, 7) is 8.97. The maximum Gasteiger partial charge on any atom is 0.146 e. The summed E-state index contributed by atoms with van der Waals surface area (Å²) in [5, 5.41) is 3.39. The van der Waals surface area contributed by atoms with Crippen LogP contribution in [0.3, 0.4) is 0 Å². The predicted octanol–water partition coefficient (Wildman–Crippen LogP) is 2.64. The highest BCUT2D eigenvalue weighted by atomic mass is 19.1. The minimum atomic E-state index is -0.0998. The molecule has 1 atom stereocenters. The van der Waals surface area contributed by atoms with Gasteiger partial charge in [-0.2, -0.15) is 0 Å². The topological polar surface area (TPSA) is 18.5 Å². The van der Waals surface area contributed by atoms with Gasteiger partial charge in [-0.15, -0.1) is 0 Å². The molecule has 0 radical (unpaired) electrons. The van der Waals surface area contributed by atoms with E-state index in [1.165, 1.54) is 0 Å². The largest absolute Gasteiger partial charge is 0.367 e. The summed E-state index contributed by atoms with van der Waals surface area (Å²) >= 11 is 0. The van der Waals surface area contributed by atoms with Crippen molar-refractivity contribution in [1.82, 2.24) is 10.2 Å². The molecule has 1 heterocycles. The average Bonchev–Trinajstić information content (AvgIpc) is 2.46. The van der Waals surface area contributed by atoms with Crippen LogP contribution in [0.25, 0.3) is 0 Å². The summed E-state index contributed by atoms with van der Waals surface area (Å²) in [4.78, 5) is 4.42. The molecule has 1 fully saturated rings. The van der Waals surface area contributed by atoms with Crippen LogP contribution in [-0.4, -0.2) is 44.7 Å². The SMILES string of the molecule is CCCNC(C)c1ccc(N2CCN(C)CC2)c(F)c1. The van der Waals surface area contributed by atoms with Crippen molar-refractivity contribution < 1.29 is 4.39 Å². The average molecular weight is 279 g/mol. The van der Waals surface area contributed by atoms with Crippen molar-refractivity contribution >= 4 is 5.69 Å². The first-order valence-electron chi connectivity index (χ1n) is 7.58. The molecular weight excluding hydrogens is 253 g/mol. The third-order valence-electron chi connectivity index (χ3n) is 4.02. The van der Waals surface area contributed by atoms with Crippen molar-refractivity contribution in [2.75, 3.05) is 44.7 Å². The molecule has 3 nitrogen and oxygen atoms in total. The van der Waals surface area contributed by atoms with E-state index in [1.54, 1.807) is 6.07 Å². The first kappa shape index (κ1) is 15.3. The Morgan fingerprint density at radius 3 is 2.55 bits per heavy atom. The number of hydrogen-bond donors (Lipinski definition) is 1. The third-order valence-corrected chi connectivity index (χ3v) is 4.02. The van der Waals surface area contributed by atoms with E-state index in [0.29, 0.717) is 0 Å². The molecule has 20 heavy (non-hydrogen) atoms. The van der Waals surface area contributed by atoms with Crippen molar-refractivity contribution in [3.63, 3.8) is 0 Å². The highest BCUT2D eigenvalue weighted by molar-refractivity contribution is 5.50. The van der Waals surface area contributed by atoms with Gasteiger partial charge in [0.2, 0.25) is 0 Å². The number of benzene rings is 1. The zero-order valence-electron chi connectivity index (χ0n) is 12.8. The number of piperazine rings is 1. The molecular formula is C16H26FN3. The Balaban J connectivity index is 2.05. The highest BCUT2D eigenvalue weighted by Crippen LogP contribution is 2.24. The standard InChI is InChI=1S/C16H26FN3/c1-4-7-18-13(2)14-5-6-16(15(17)12-14)20-10-8-19(3)9-11-20/h5-6,12-13,18H,4,7-11H2,1-3H3. The van der Waals surface area contributed by atoms with Crippen LogP contribution in [0.1, 0.15) is 31.9 Å². The Kier molecular flexibility index (Phi) is 5.38. The first-order valence-corrected chi connectivity index (χ1v) is 7.58. The van der Waals surface area contributed by atoms with Crippen LogP contribution in [0.4, 0.5) is 10.1 Å². The number of halogens is 1. The second-order valence-electron chi connectivity index (χ2n) is 5.68. The summed E-state index contributed by atoms with van der Waals surface area (Å²) in [6.07, 6.45) is 1.09. The molecule has 0 aliphatic carbocycles. The van der Waals surface area contributed by atoms with Crippen molar-refractivity contribution in [1.29, 1.82) is 0 Å². The van der Waals surface area contributed by atoms with E-state index in [4.69, 9.17) is 0 Å². The lowest BCUT2D eigenvalue weighted by atomic mass is 10.1. The fourth-order valence-corrected chi connectivity index (χ4v) is 2.57. The van der Waals surface area contributed by atoms with Crippen molar-refractivity contribution in [2.45, 2.75) is 26.3 Å². The Hall–Kier alpha value is -1.13. The molecule has 1 N–H and O–H groups in total. The lowest BCUT2D eigenvalue weighted by molar-refractivity contribution is 0.311. The summed E-state index contributed by atoms with van der Waals surface area (Å²) in [5.41, 5.74) is 1.76. The third kappa shape index (κ3) is 3.70. The molecule has 1 aliphatic heterocycles. The fourth-order valence-electron chi connectivity index (χ4n) is 2.57. The van der Waals surface area contributed by atoms with Gasteiger partial charge in [-0.3, -0.25) is 0 Å². The van der Waals surface area contributed by atoms with Gasteiger partial charge < -0.3 is 15.1 Å². The van der Waals surface area contributed by atoms with Crippen LogP contribution in [0.15, 0.2) is 18.2 Å². The van der Waals surface area contributed by atoms with Gasteiger partial charge in [0, 0.05) is 32.2 Å². The Bertz CT molecular complexity index is 428. The Morgan fingerprint density at radius 1 is 1.25 bits per heavy atom. The van der Waals surface area contributed by atoms with Crippen LogP contribution < -0.4 is 10.2 Å². The number of nitrogens with zero attached hydrogens (tertiary/aromatic N) is 2. The zero-order valence-corrected chi connectivity index (χ0v) is 12.8. The zero-order chi connectivity index (χ0) is 14.5. The lowest BCUT2D eigenvalue weighted by Gasteiger charge is -2.34. The van der Waals surface area contributed by atoms with Gasteiger partial charge in [0.05, 0.1) is 5.69 Å². The predicted molar refractivity (Wildman–Crippen MR) is 82.8 cm³/mol. The summed E-state index contributed by atoms with van der Waals surface area (Å²) in [5.74, 6) is -0.0998. The molecule has 1 aromatic rings. The van der Waals surface area contributed by atoms with Crippen LogP contribution >= 0.6 is 0 Å². The number of anilines is 1. The van der Waals surface area contributed by atoms with Crippen LogP contribution in [0.2, 0.25) is 0 Å². The van der Waals surface area contributed by atoms with Crippen molar-refractivity contribution in [3.05, 3.63) is 29.6 Å². The van der Waals surface area contributed by atoms with E-state index in [-0.39, 0.29) is 11.9 Å². The van der Waals surface area contributed by atoms with Gasteiger partial charge in [0.25, 0.3) is 0 Å². The van der Waals surface area contributed by atoms with E-state index in [2.05, 4.69) is 36.0 Å². The Labute approximate surface area is 121 Å². The van der Waals surface area contributed by atoms with Gasteiger partial charge >= 0.3 is 0 Å². The lowest BCUT2D eigenvalue weighted by Crippen LogP contribution is -2.44. The quantitative estimate of drug-likeness (QED) is 0.894. The maximum atomic E-state index is 14.3. The molecule has 0 spiro atoms. The molecule has 1 unspecified atom stereocenters. The molecule has 1 saturated heterocycles. The van der Waals surface area contributed by atoms with Crippen LogP contribution in [0.5, 0.6) is 0 Å². The van der Waals surface area contributed by atoms with Crippen molar-refractivity contribution in [3.8, 4) is 0 Å². The summed E-state index contributed by atoms with van der Waals surface area (Å²) in [6, 6.07) is 5.86. The molecule has 0 saturated carbocycles. The minimum Gasteiger partial charge on any atom is -0.367 e. The molecule has 112 valence electrons. The molecule has 0 aromatic heterocycles. The second-order valence-corrected chi connectivity index (χ2v) is 5.68. The number of likely N-dealkylation sites (N-methyl/N-ethyl adjacent to an activating group) is 1. The van der Waals surface area contributed by atoms with E-state index in [9.17, 15) is 4.39 Å². The normalized spacial score (nSPS) is 18.3. The van der Waals surface area contributed by atoms with E-state index >= 15 is 0 Å². The second kappa shape index (κ2) is 7.04. The van der Waals surface area contributed by atoms with Gasteiger partial charge in [-0.05, 0) is 44.6 Å². The first-order chi connectivity index (χ1) is 9.61. The van der Waals surface area contributed by atoms with Crippen LogP contribution in [-0.2, 0) is 0 Å². The molecule has 2 rings (SSSR count). The molecule has 4 heteroatoms. The van der Waals surface area contributed by atoms with Gasteiger partial charge in [0.1, 0.15) is 5.82 Å². The van der Waals surface area contributed by atoms with Crippen LogP contribution in [0, 0.1) is 5.82 Å². The van der Waals surface area contributed by atoms with Gasteiger partial charge in [0.15, 0.2) is 0 Å². The van der Waals surface area contributed by atoms with E-state index in [1.807, 2.05) is 12.1 Å². The van der Waals surface area contributed by atoms with E-state index in [0.717, 1.165) is 50.4 Å². The molecule has 0 bridgehead atoms. The maximum absolute atomic E-state index is 14.3. The summed E-state index contributed by atoms with van der Waals surface area (Å²) < 4.78 is 14.3. The molecule has 1 aromatic carbocycles.